The molecule has 0 saturated heterocycles. The highest BCUT2D eigenvalue weighted by molar-refractivity contribution is 8.13. The Kier molecular flexibility index (Phi) is 4.15. The minimum atomic E-state index is 0.0355. The first-order chi connectivity index (χ1) is 10.6. The Morgan fingerprint density at radius 1 is 1.14 bits per heavy atom. The zero-order chi connectivity index (χ0) is 15.5. The van der Waals surface area contributed by atoms with Crippen molar-refractivity contribution in [1.29, 1.82) is 0 Å². The summed E-state index contributed by atoms with van der Waals surface area (Å²) in [5.74, 6) is 0. The van der Waals surface area contributed by atoms with E-state index in [9.17, 15) is 4.79 Å². The van der Waals surface area contributed by atoms with Gasteiger partial charge in [0.25, 0.3) is 5.24 Å². The molecule has 1 heterocycles. The van der Waals surface area contributed by atoms with E-state index in [2.05, 4.69) is 27.8 Å². The summed E-state index contributed by atoms with van der Waals surface area (Å²) >= 11 is 1.24. The van der Waals surface area contributed by atoms with Crippen molar-refractivity contribution in [3.63, 3.8) is 0 Å². The lowest BCUT2D eigenvalue weighted by atomic mass is 10.2. The Bertz CT molecular complexity index is 793. The third-order valence-electron chi connectivity index (χ3n) is 3.37. The van der Waals surface area contributed by atoms with Crippen LogP contribution in [0.4, 0.5) is 4.79 Å². The second-order valence-electron chi connectivity index (χ2n) is 5.27. The first kappa shape index (κ1) is 14.7. The number of aromatic nitrogens is 2. The average molecular weight is 311 g/mol. The summed E-state index contributed by atoms with van der Waals surface area (Å²) in [6, 6.07) is 16.2. The molecule has 1 aromatic heterocycles. The molecule has 22 heavy (non-hydrogen) atoms. The summed E-state index contributed by atoms with van der Waals surface area (Å²) in [5.41, 5.74) is 3.32. The normalized spacial score (nSPS) is 10.8. The third-order valence-corrected chi connectivity index (χ3v) is 4.42. The molecule has 0 aliphatic carbocycles. The van der Waals surface area contributed by atoms with Crippen molar-refractivity contribution in [2.45, 2.75) is 11.4 Å². The predicted octanol–water partition coefficient (Wildman–Crippen LogP) is 3.86. The van der Waals surface area contributed by atoms with Gasteiger partial charge in [-0.3, -0.25) is 4.79 Å². The van der Waals surface area contributed by atoms with E-state index in [-0.39, 0.29) is 5.24 Å². The summed E-state index contributed by atoms with van der Waals surface area (Å²) in [5, 5.41) is 0.0355. The van der Waals surface area contributed by atoms with E-state index in [1.807, 2.05) is 36.7 Å². The fourth-order valence-electron chi connectivity index (χ4n) is 2.19. The molecule has 0 radical (unpaired) electrons. The van der Waals surface area contributed by atoms with E-state index in [0.717, 1.165) is 22.5 Å². The molecule has 0 aliphatic heterocycles. The molecule has 0 N–H and O–H groups in total. The van der Waals surface area contributed by atoms with Gasteiger partial charge in [-0.25, -0.2) is 4.98 Å². The summed E-state index contributed by atoms with van der Waals surface area (Å²) in [4.78, 5) is 18.6. The predicted molar refractivity (Wildman–Crippen MR) is 90.2 cm³/mol. The number of imidazole rings is 1. The molecule has 2 aromatic carbocycles. The monoisotopic (exact) mass is 311 g/mol. The van der Waals surface area contributed by atoms with Crippen LogP contribution in [-0.4, -0.2) is 33.8 Å². The van der Waals surface area contributed by atoms with Crippen molar-refractivity contribution >= 4 is 28.0 Å². The summed E-state index contributed by atoms with van der Waals surface area (Å²) in [6.07, 6.45) is 1.86. The number of carbonyl (C=O) groups is 1. The molecule has 0 spiro atoms. The van der Waals surface area contributed by atoms with Crippen LogP contribution in [0.3, 0.4) is 0 Å². The zero-order valence-corrected chi connectivity index (χ0v) is 13.4. The number of carbonyl (C=O) groups excluding carboxylic acids is 1. The van der Waals surface area contributed by atoms with Crippen molar-refractivity contribution in [2.75, 3.05) is 14.1 Å². The largest absolute Gasteiger partial charge is 0.339 e. The maximum Gasteiger partial charge on any atom is 0.285 e. The molecule has 4 nitrogen and oxygen atoms in total. The van der Waals surface area contributed by atoms with Crippen LogP contribution in [0, 0.1) is 0 Å². The van der Waals surface area contributed by atoms with Crippen molar-refractivity contribution in [1.82, 2.24) is 14.5 Å². The molecule has 0 bridgehead atoms. The smallest absolute Gasteiger partial charge is 0.285 e. The van der Waals surface area contributed by atoms with Crippen molar-refractivity contribution in [3.8, 4) is 0 Å². The van der Waals surface area contributed by atoms with E-state index in [4.69, 9.17) is 0 Å². The van der Waals surface area contributed by atoms with Gasteiger partial charge in [0.05, 0.1) is 17.4 Å². The van der Waals surface area contributed by atoms with Crippen LogP contribution in [0.2, 0.25) is 0 Å². The molecule has 1 amide bonds. The van der Waals surface area contributed by atoms with Crippen LogP contribution in [-0.2, 0) is 6.54 Å². The number of hydrogen-bond acceptors (Lipinski definition) is 3. The van der Waals surface area contributed by atoms with Gasteiger partial charge in [-0.1, -0.05) is 24.3 Å². The van der Waals surface area contributed by atoms with E-state index in [1.165, 1.54) is 17.3 Å². The highest BCUT2D eigenvalue weighted by Gasteiger charge is 2.07. The Labute approximate surface area is 133 Å². The lowest BCUT2D eigenvalue weighted by Crippen LogP contribution is -2.15. The van der Waals surface area contributed by atoms with Gasteiger partial charge in [0.1, 0.15) is 0 Å². The Hall–Kier alpha value is -2.27. The van der Waals surface area contributed by atoms with Crippen molar-refractivity contribution in [3.05, 3.63) is 60.4 Å². The van der Waals surface area contributed by atoms with Crippen LogP contribution in [0.25, 0.3) is 11.0 Å². The van der Waals surface area contributed by atoms with Crippen LogP contribution < -0.4 is 0 Å². The number of para-hydroxylation sites is 2. The van der Waals surface area contributed by atoms with Gasteiger partial charge in [0, 0.05) is 25.5 Å². The van der Waals surface area contributed by atoms with E-state index < -0.39 is 0 Å². The molecule has 3 aromatic rings. The highest BCUT2D eigenvalue weighted by atomic mass is 32.2. The molecule has 3 rings (SSSR count). The quantitative estimate of drug-likeness (QED) is 0.689. The lowest BCUT2D eigenvalue weighted by molar-refractivity contribution is 0.241. The number of amides is 1. The fraction of sp³-hybridized carbons (Fsp3) is 0.176. The molecular formula is C17H17N3OS. The van der Waals surface area contributed by atoms with Crippen molar-refractivity contribution < 1.29 is 4.79 Å². The minimum Gasteiger partial charge on any atom is -0.339 e. The van der Waals surface area contributed by atoms with Gasteiger partial charge in [0.2, 0.25) is 0 Å². The van der Waals surface area contributed by atoms with Gasteiger partial charge in [-0.2, -0.15) is 0 Å². The Morgan fingerprint density at radius 2 is 1.86 bits per heavy atom. The van der Waals surface area contributed by atoms with Gasteiger partial charge < -0.3 is 9.47 Å². The number of hydrogen-bond donors (Lipinski definition) is 0. The molecule has 0 aliphatic rings. The third kappa shape index (κ3) is 3.14. The number of fused-ring (bicyclic) bond motifs is 1. The topological polar surface area (TPSA) is 38.1 Å². The Balaban J connectivity index is 1.75. The number of benzene rings is 2. The van der Waals surface area contributed by atoms with Crippen LogP contribution in [0.5, 0.6) is 0 Å². The zero-order valence-electron chi connectivity index (χ0n) is 12.6. The second kappa shape index (κ2) is 6.23. The van der Waals surface area contributed by atoms with Crippen LogP contribution >= 0.6 is 11.8 Å². The van der Waals surface area contributed by atoms with Crippen molar-refractivity contribution in [2.24, 2.45) is 0 Å². The number of thioether (sulfide) groups is 1. The maximum absolute atomic E-state index is 11.7. The van der Waals surface area contributed by atoms with E-state index in [1.54, 1.807) is 19.0 Å². The standard InChI is InChI=1S/C17H17N3OS/c1-19(2)17(21)22-14-9-7-13(8-10-14)11-20-12-18-15-5-3-4-6-16(15)20/h3-10,12H,11H2,1-2H3. The van der Waals surface area contributed by atoms with E-state index >= 15 is 0 Å². The molecule has 0 saturated carbocycles. The van der Waals surface area contributed by atoms with Gasteiger partial charge in [0.15, 0.2) is 0 Å². The average Bonchev–Trinajstić information content (AvgIpc) is 2.92. The molecule has 112 valence electrons. The SMILES string of the molecule is CN(C)C(=O)Sc1ccc(Cn2cnc3ccccc32)cc1. The highest BCUT2D eigenvalue weighted by Crippen LogP contribution is 2.21. The molecule has 0 fully saturated rings. The van der Waals surface area contributed by atoms with E-state index in [0.29, 0.717) is 0 Å². The van der Waals surface area contributed by atoms with Gasteiger partial charge >= 0.3 is 0 Å². The van der Waals surface area contributed by atoms with Crippen LogP contribution in [0.1, 0.15) is 5.56 Å². The first-order valence-electron chi connectivity index (χ1n) is 7.01. The first-order valence-corrected chi connectivity index (χ1v) is 7.83. The number of rotatable bonds is 3. The molecular weight excluding hydrogens is 294 g/mol. The summed E-state index contributed by atoms with van der Waals surface area (Å²) in [6.45, 7) is 0.771. The second-order valence-corrected chi connectivity index (χ2v) is 6.29. The Morgan fingerprint density at radius 3 is 2.59 bits per heavy atom. The lowest BCUT2D eigenvalue weighted by Gasteiger charge is -2.09. The van der Waals surface area contributed by atoms with Gasteiger partial charge in [-0.15, -0.1) is 0 Å². The van der Waals surface area contributed by atoms with Gasteiger partial charge in [-0.05, 0) is 41.6 Å². The fourth-order valence-corrected chi connectivity index (χ4v) is 2.84. The molecule has 5 heteroatoms. The summed E-state index contributed by atoms with van der Waals surface area (Å²) in [7, 11) is 3.52. The maximum atomic E-state index is 11.7. The number of nitrogens with zero attached hydrogens (tertiary/aromatic N) is 3. The van der Waals surface area contributed by atoms with Crippen LogP contribution in [0.15, 0.2) is 59.8 Å². The molecule has 0 unspecified atom stereocenters. The minimum absolute atomic E-state index is 0.0355. The molecule has 0 atom stereocenters. The summed E-state index contributed by atoms with van der Waals surface area (Å²) < 4.78 is 2.13.